The van der Waals surface area contributed by atoms with Gasteiger partial charge in [-0.15, -0.1) is 0 Å². The molecule has 0 bridgehead atoms. The maximum absolute atomic E-state index is 12.9. The fraction of sp³-hybridized carbons (Fsp3) is 0.310. The van der Waals surface area contributed by atoms with Crippen LogP contribution in [0.4, 0.5) is 0 Å². The van der Waals surface area contributed by atoms with Crippen LogP contribution in [-0.4, -0.2) is 49.9 Å². The van der Waals surface area contributed by atoms with E-state index in [1.54, 1.807) is 12.1 Å². The van der Waals surface area contributed by atoms with Gasteiger partial charge in [-0.2, -0.15) is 0 Å². The number of amides is 1. The molecule has 1 aromatic heterocycles. The SMILES string of the molecule is COc1cc(C(=O)NCCc2nc3ccccc3n2CCCOc2cccc(C)c2)cc(OC)c1OC. The van der Waals surface area contributed by atoms with E-state index in [0.29, 0.717) is 42.4 Å². The molecule has 4 aromatic rings. The second kappa shape index (κ2) is 12.2. The number of imidazole rings is 1. The standard InChI is InChI=1S/C29H33N3O5/c1-20-9-7-10-22(17-20)37-16-8-15-32-24-12-6-5-11-23(24)31-27(32)13-14-30-29(33)21-18-25(34-2)28(36-4)26(19-21)35-3/h5-7,9-12,17-19H,8,13-16H2,1-4H3,(H,30,33). The van der Waals surface area contributed by atoms with Gasteiger partial charge < -0.3 is 28.8 Å². The Bertz CT molecular complexity index is 1340. The first-order valence-corrected chi connectivity index (χ1v) is 12.3. The average molecular weight is 504 g/mol. The quantitative estimate of drug-likeness (QED) is 0.279. The summed E-state index contributed by atoms with van der Waals surface area (Å²) in [5, 5.41) is 2.98. The van der Waals surface area contributed by atoms with Gasteiger partial charge in [0.15, 0.2) is 11.5 Å². The highest BCUT2D eigenvalue weighted by atomic mass is 16.5. The molecule has 0 saturated carbocycles. The molecule has 37 heavy (non-hydrogen) atoms. The first-order chi connectivity index (χ1) is 18.0. The molecule has 3 aromatic carbocycles. The number of para-hydroxylation sites is 2. The third kappa shape index (κ3) is 6.14. The van der Waals surface area contributed by atoms with Crippen LogP contribution in [-0.2, 0) is 13.0 Å². The van der Waals surface area contributed by atoms with Crippen molar-refractivity contribution in [1.82, 2.24) is 14.9 Å². The van der Waals surface area contributed by atoms with Crippen LogP contribution in [0.5, 0.6) is 23.0 Å². The molecule has 1 N–H and O–H groups in total. The second-order valence-corrected chi connectivity index (χ2v) is 8.61. The van der Waals surface area contributed by atoms with E-state index >= 15 is 0 Å². The Kier molecular flexibility index (Phi) is 8.51. The number of methoxy groups -OCH3 is 3. The molecule has 0 atom stereocenters. The van der Waals surface area contributed by atoms with E-state index in [4.69, 9.17) is 23.9 Å². The minimum Gasteiger partial charge on any atom is -0.494 e. The minimum atomic E-state index is -0.228. The number of rotatable bonds is 12. The Morgan fingerprint density at radius 2 is 1.70 bits per heavy atom. The summed E-state index contributed by atoms with van der Waals surface area (Å²) >= 11 is 0. The van der Waals surface area contributed by atoms with E-state index in [0.717, 1.165) is 35.6 Å². The number of carbonyl (C=O) groups excluding carboxylic acids is 1. The van der Waals surface area contributed by atoms with Gasteiger partial charge in [0.1, 0.15) is 11.6 Å². The summed E-state index contributed by atoms with van der Waals surface area (Å²) in [4.78, 5) is 17.7. The van der Waals surface area contributed by atoms with E-state index in [-0.39, 0.29) is 5.91 Å². The minimum absolute atomic E-state index is 0.228. The lowest BCUT2D eigenvalue weighted by molar-refractivity contribution is 0.0953. The number of carbonyl (C=O) groups is 1. The summed E-state index contributed by atoms with van der Waals surface area (Å²) < 4.78 is 24.2. The maximum atomic E-state index is 12.9. The van der Waals surface area contributed by atoms with E-state index < -0.39 is 0 Å². The predicted molar refractivity (Wildman–Crippen MR) is 143 cm³/mol. The Morgan fingerprint density at radius 1 is 0.946 bits per heavy atom. The molecule has 4 rings (SSSR count). The highest BCUT2D eigenvalue weighted by Crippen LogP contribution is 2.38. The molecule has 8 nitrogen and oxygen atoms in total. The highest BCUT2D eigenvalue weighted by molar-refractivity contribution is 5.95. The van der Waals surface area contributed by atoms with Crippen LogP contribution in [0.2, 0.25) is 0 Å². The van der Waals surface area contributed by atoms with Crippen LogP contribution in [0.3, 0.4) is 0 Å². The van der Waals surface area contributed by atoms with E-state index in [1.807, 2.05) is 36.4 Å². The van der Waals surface area contributed by atoms with Crippen LogP contribution in [0.1, 0.15) is 28.2 Å². The van der Waals surface area contributed by atoms with Crippen molar-refractivity contribution in [2.75, 3.05) is 34.5 Å². The number of aromatic nitrogens is 2. The number of aryl methyl sites for hydroxylation is 2. The molecule has 8 heteroatoms. The van der Waals surface area contributed by atoms with Crippen molar-refractivity contribution in [3.8, 4) is 23.0 Å². The zero-order chi connectivity index (χ0) is 26.2. The molecule has 0 fully saturated rings. The molecule has 0 saturated heterocycles. The molecule has 0 radical (unpaired) electrons. The molecule has 1 heterocycles. The second-order valence-electron chi connectivity index (χ2n) is 8.61. The van der Waals surface area contributed by atoms with Gasteiger partial charge in [0.25, 0.3) is 5.91 Å². The lowest BCUT2D eigenvalue weighted by Crippen LogP contribution is -2.26. The highest BCUT2D eigenvalue weighted by Gasteiger charge is 2.17. The number of ether oxygens (including phenoxy) is 4. The zero-order valence-corrected chi connectivity index (χ0v) is 21.7. The van der Waals surface area contributed by atoms with Gasteiger partial charge >= 0.3 is 0 Å². The van der Waals surface area contributed by atoms with E-state index in [9.17, 15) is 4.79 Å². The van der Waals surface area contributed by atoms with Gasteiger partial charge in [-0.1, -0.05) is 24.3 Å². The maximum Gasteiger partial charge on any atom is 0.251 e. The first-order valence-electron chi connectivity index (χ1n) is 12.3. The molecule has 0 aliphatic rings. The molecular formula is C29H33N3O5. The molecule has 0 spiro atoms. The topological polar surface area (TPSA) is 83.8 Å². The Morgan fingerprint density at radius 3 is 2.41 bits per heavy atom. The van der Waals surface area contributed by atoms with Crippen LogP contribution >= 0.6 is 0 Å². The smallest absolute Gasteiger partial charge is 0.251 e. The van der Waals surface area contributed by atoms with Gasteiger partial charge in [-0.05, 0) is 55.3 Å². The molecule has 194 valence electrons. The van der Waals surface area contributed by atoms with E-state index in [2.05, 4.69) is 28.9 Å². The number of fused-ring (bicyclic) bond motifs is 1. The Balaban J connectivity index is 1.41. The fourth-order valence-corrected chi connectivity index (χ4v) is 4.29. The zero-order valence-electron chi connectivity index (χ0n) is 21.7. The van der Waals surface area contributed by atoms with Crippen molar-refractivity contribution in [2.45, 2.75) is 26.3 Å². The van der Waals surface area contributed by atoms with Gasteiger partial charge in [0.2, 0.25) is 5.75 Å². The van der Waals surface area contributed by atoms with Gasteiger partial charge in [0, 0.05) is 25.1 Å². The summed E-state index contributed by atoms with van der Waals surface area (Å²) in [5.41, 5.74) is 3.61. The van der Waals surface area contributed by atoms with Gasteiger partial charge in [0.05, 0.1) is 39.0 Å². The van der Waals surface area contributed by atoms with Crippen LogP contribution in [0, 0.1) is 6.92 Å². The summed E-state index contributed by atoms with van der Waals surface area (Å²) in [6.07, 6.45) is 1.42. The molecule has 0 unspecified atom stereocenters. The first kappa shape index (κ1) is 25.9. The number of nitrogens with zero attached hydrogens (tertiary/aromatic N) is 2. The number of hydrogen-bond acceptors (Lipinski definition) is 6. The van der Waals surface area contributed by atoms with Crippen molar-refractivity contribution < 1.29 is 23.7 Å². The van der Waals surface area contributed by atoms with Crippen LogP contribution in [0.25, 0.3) is 11.0 Å². The third-order valence-corrected chi connectivity index (χ3v) is 6.08. The van der Waals surface area contributed by atoms with E-state index in [1.165, 1.54) is 26.9 Å². The van der Waals surface area contributed by atoms with Crippen molar-refractivity contribution in [1.29, 1.82) is 0 Å². The Hall–Kier alpha value is -4.20. The summed E-state index contributed by atoms with van der Waals surface area (Å²) in [6.45, 7) is 3.85. The van der Waals surface area contributed by atoms with Crippen molar-refractivity contribution in [3.63, 3.8) is 0 Å². The average Bonchev–Trinajstić information content (AvgIpc) is 3.27. The number of benzene rings is 3. The van der Waals surface area contributed by atoms with Crippen molar-refractivity contribution >= 4 is 16.9 Å². The summed E-state index contributed by atoms with van der Waals surface area (Å²) in [6, 6.07) is 19.4. The third-order valence-electron chi connectivity index (χ3n) is 6.08. The fourth-order valence-electron chi connectivity index (χ4n) is 4.29. The Labute approximate surface area is 217 Å². The molecule has 1 amide bonds. The van der Waals surface area contributed by atoms with Crippen LogP contribution < -0.4 is 24.3 Å². The van der Waals surface area contributed by atoms with Crippen molar-refractivity contribution in [2.24, 2.45) is 0 Å². The monoisotopic (exact) mass is 503 g/mol. The number of nitrogens with one attached hydrogen (secondary N) is 1. The van der Waals surface area contributed by atoms with Crippen LogP contribution in [0.15, 0.2) is 60.7 Å². The predicted octanol–water partition coefficient (Wildman–Crippen LogP) is 4.81. The van der Waals surface area contributed by atoms with Crippen molar-refractivity contribution in [3.05, 3.63) is 77.6 Å². The largest absolute Gasteiger partial charge is 0.494 e. The normalized spacial score (nSPS) is 10.8. The molecule has 0 aliphatic carbocycles. The number of hydrogen-bond donors (Lipinski definition) is 1. The molecule has 0 aliphatic heterocycles. The molecular weight excluding hydrogens is 470 g/mol. The van der Waals surface area contributed by atoms with Gasteiger partial charge in [-0.3, -0.25) is 4.79 Å². The lowest BCUT2D eigenvalue weighted by Gasteiger charge is -2.14. The summed E-state index contributed by atoms with van der Waals surface area (Å²) in [7, 11) is 4.58. The summed E-state index contributed by atoms with van der Waals surface area (Å²) in [5.74, 6) is 2.88. The van der Waals surface area contributed by atoms with Gasteiger partial charge in [-0.25, -0.2) is 4.98 Å². The lowest BCUT2D eigenvalue weighted by atomic mass is 10.1.